The number of ether oxygens (including phenoxy) is 2. The van der Waals surface area contributed by atoms with Crippen molar-refractivity contribution in [1.29, 1.82) is 0 Å². The number of hydrogen-bond acceptors (Lipinski definition) is 6. The second-order valence-corrected chi connectivity index (χ2v) is 6.62. The summed E-state index contributed by atoms with van der Waals surface area (Å²) in [5.41, 5.74) is 10.7. The fourth-order valence-corrected chi connectivity index (χ4v) is 4.12. The average Bonchev–Trinajstić information content (AvgIpc) is 2.59. The van der Waals surface area contributed by atoms with Crippen LogP contribution in [0.5, 0.6) is 23.0 Å². The van der Waals surface area contributed by atoms with Crippen molar-refractivity contribution in [1.82, 2.24) is 4.90 Å². The molecule has 4 rings (SSSR count). The summed E-state index contributed by atoms with van der Waals surface area (Å²) in [5.74, 6) is 1.01. The SMILES string of the molecule is COc1cc2c(cc1O)CC1c3c(cc(O)c(OCN)c3-2)CCN1C. The van der Waals surface area contributed by atoms with E-state index in [1.54, 1.807) is 12.1 Å². The van der Waals surface area contributed by atoms with Gasteiger partial charge in [0.05, 0.1) is 7.11 Å². The van der Waals surface area contributed by atoms with Crippen molar-refractivity contribution in [2.24, 2.45) is 5.73 Å². The minimum atomic E-state index is -0.0234. The highest BCUT2D eigenvalue weighted by molar-refractivity contribution is 5.84. The third-order valence-electron chi connectivity index (χ3n) is 5.30. The summed E-state index contributed by atoms with van der Waals surface area (Å²) < 4.78 is 10.9. The number of nitrogens with two attached hydrogens (primary N) is 1. The van der Waals surface area contributed by atoms with Crippen LogP contribution in [-0.4, -0.2) is 42.5 Å². The predicted molar refractivity (Wildman–Crippen MR) is 94.2 cm³/mol. The summed E-state index contributed by atoms with van der Waals surface area (Å²) in [6.45, 7) is 0.898. The van der Waals surface area contributed by atoms with Crippen LogP contribution in [0.15, 0.2) is 18.2 Å². The van der Waals surface area contributed by atoms with Gasteiger partial charge in [0.15, 0.2) is 23.0 Å². The van der Waals surface area contributed by atoms with E-state index in [9.17, 15) is 10.2 Å². The molecule has 1 aliphatic carbocycles. The molecule has 0 bridgehead atoms. The molecule has 1 atom stereocenters. The van der Waals surface area contributed by atoms with Crippen molar-refractivity contribution in [3.05, 3.63) is 34.9 Å². The zero-order valence-electron chi connectivity index (χ0n) is 14.4. The summed E-state index contributed by atoms with van der Waals surface area (Å²) in [7, 11) is 3.62. The second kappa shape index (κ2) is 5.82. The fraction of sp³-hybridized carbons (Fsp3) is 0.368. The van der Waals surface area contributed by atoms with Crippen LogP contribution < -0.4 is 15.2 Å². The van der Waals surface area contributed by atoms with E-state index in [1.807, 2.05) is 6.07 Å². The van der Waals surface area contributed by atoms with Crippen molar-refractivity contribution in [3.8, 4) is 34.1 Å². The van der Waals surface area contributed by atoms with Crippen LogP contribution in [0.4, 0.5) is 0 Å². The van der Waals surface area contributed by atoms with Crippen LogP contribution >= 0.6 is 0 Å². The van der Waals surface area contributed by atoms with Crippen molar-refractivity contribution in [2.45, 2.75) is 18.9 Å². The fourth-order valence-electron chi connectivity index (χ4n) is 4.12. The van der Waals surface area contributed by atoms with E-state index < -0.39 is 0 Å². The van der Waals surface area contributed by atoms with Crippen molar-refractivity contribution in [2.75, 3.05) is 27.4 Å². The van der Waals surface area contributed by atoms with Gasteiger partial charge < -0.3 is 19.7 Å². The lowest BCUT2D eigenvalue weighted by Crippen LogP contribution is -2.35. The van der Waals surface area contributed by atoms with Gasteiger partial charge in [0.2, 0.25) is 0 Å². The van der Waals surface area contributed by atoms with Crippen LogP contribution in [0, 0.1) is 0 Å². The number of rotatable bonds is 3. The summed E-state index contributed by atoms with van der Waals surface area (Å²) in [6, 6.07) is 5.54. The molecule has 0 spiro atoms. The highest BCUT2D eigenvalue weighted by atomic mass is 16.5. The lowest BCUT2D eigenvalue weighted by atomic mass is 9.76. The Labute approximate surface area is 146 Å². The normalized spacial score (nSPS) is 18.4. The number of fused-ring (bicyclic) bond motifs is 2. The summed E-state index contributed by atoms with van der Waals surface area (Å²) >= 11 is 0. The third kappa shape index (κ3) is 2.33. The maximum Gasteiger partial charge on any atom is 0.171 e. The van der Waals surface area contributed by atoms with E-state index in [1.165, 1.54) is 12.7 Å². The smallest absolute Gasteiger partial charge is 0.171 e. The zero-order chi connectivity index (χ0) is 17.7. The van der Waals surface area contributed by atoms with Gasteiger partial charge >= 0.3 is 0 Å². The molecule has 0 aromatic heterocycles. The highest BCUT2D eigenvalue weighted by Gasteiger charge is 2.36. The zero-order valence-corrected chi connectivity index (χ0v) is 14.4. The molecular formula is C19H22N2O4. The number of methoxy groups -OCH3 is 1. The van der Waals surface area contributed by atoms with E-state index in [2.05, 4.69) is 11.9 Å². The van der Waals surface area contributed by atoms with Gasteiger partial charge in [-0.3, -0.25) is 10.6 Å². The third-order valence-corrected chi connectivity index (χ3v) is 5.30. The molecule has 6 heteroatoms. The van der Waals surface area contributed by atoms with Gasteiger partial charge in [0, 0.05) is 18.2 Å². The Morgan fingerprint density at radius 1 is 1.20 bits per heavy atom. The Morgan fingerprint density at radius 3 is 2.68 bits per heavy atom. The first-order valence-electron chi connectivity index (χ1n) is 8.37. The first kappa shape index (κ1) is 16.1. The lowest BCUT2D eigenvalue weighted by Gasteiger charge is -2.40. The summed E-state index contributed by atoms with van der Waals surface area (Å²) in [4.78, 5) is 2.30. The van der Waals surface area contributed by atoms with Crippen LogP contribution in [0.1, 0.15) is 22.7 Å². The maximum atomic E-state index is 10.5. The first-order chi connectivity index (χ1) is 12.0. The van der Waals surface area contributed by atoms with Gasteiger partial charge in [-0.1, -0.05) is 0 Å². The predicted octanol–water partition coefficient (Wildman–Crippen LogP) is 2.15. The molecule has 2 aromatic carbocycles. The van der Waals surface area contributed by atoms with Gasteiger partial charge in [0.25, 0.3) is 0 Å². The standard InChI is InChI=1S/C19H22N2O4/c1-21-4-3-10-6-15(23)19(25-9-20)18-12-8-16(24-2)14(22)7-11(12)5-13(21)17(10)18/h6-8,13,22-23H,3-5,9,20H2,1-2H3. The molecule has 132 valence electrons. The molecule has 1 heterocycles. The Kier molecular flexibility index (Phi) is 3.74. The molecule has 0 amide bonds. The quantitative estimate of drug-likeness (QED) is 0.741. The number of phenols is 2. The topological polar surface area (TPSA) is 88.2 Å². The molecule has 4 N–H and O–H groups in total. The van der Waals surface area contributed by atoms with E-state index >= 15 is 0 Å². The second-order valence-electron chi connectivity index (χ2n) is 6.62. The Balaban J connectivity index is 2.06. The van der Waals surface area contributed by atoms with Gasteiger partial charge in [-0.2, -0.15) is 0 Å². The lowest BCUT2D eigenvalue weighted by molar-refractivity contribution is 0.225. The van der Waals surface area contributed by atoms with E-state index in [-0.39, 0.29) is 24.3 Å². The van der Waals surface area contributed by atoms with E-state index in [0.717, 1.165) is 41.6 Å². The first-order valence-corrected chi connectivity index (χ1v) is 8.37. The number of phenolic OH excluding ortho intramolecular Hbond substituents is 2. The van der Waals surface area contributed by atoms with Gasteiger partial charge in [0.1, 0.15) is 6.73 Å². The van der Waals surface area contributed by atoms with Crippen molar-refractivity contribution < 1.29 is 19.7 Å². The van der Waals surface area contributed by atoms with Crippen molar-refractivity contribution in [3.63, 3.8) is 0 Å². The Hall–Kier alpha value is -2.44. The minimum Gasteiger partial charge on any atom is -0.504 e. The molecule has 0 fully saturated rings. The number of nitrogens with zero attached hydrogens (tertiary/aromatic N) is 1. The largest absolute Gasteiger partial charge is 0.504 e. The molecular weight excluding hydrogens is 320 g/mol. The molecule has 1 unspecified atom stereocenters. The molecule has 2 aromatic rings. The molecule has 2 aliphatic rings. The van der Waals surface area contributed by atoms with Gasteiger partial charge in [-0.25, -0.2) is 0 Å². The van der Waals surface area contributed by atoms with Gasteiger partial charge in [-0.15, -0.1) is 0 Å². The van der Waals surface area contributed by atoms with E-state index in [4.69, 9.17) is 15.2 Å². The minimum absolute atomic E-state index is 0.0234. The monoisotopic (exact) mass is 342 g/mol. The highest BCUT2D eigenvalue weighted by Crippen LogP contribution is 2.53. The summed E-state index contributed by atoms with van der Waals surface area (Å²) in [5, 5.41) is 20.7. The molecule has 1 aliphatic heterocycles. The van der Waals surface area contributed by atoms with Crippen LogP contribution in [-0.2, 0) is 12.8 Å². The Morgan fingerprint density at radius 2 is 1.96 bits per heavy atom. The van der Waals surface area contributed by atoms with Crippen LogP contribution in [0.3, 0.4) is 0 Å². The summed E-state index contributed by atoms with van der Waals surface area (Å²) in [6.07, 6.45) is 1.66. The number of aromatic hydroxyl groups is 2. The molecule has 0 radical (unpaired) electrons. The number of benzene rings is 2. The molecule has 6 nitrogen and oxygen atoms in total. The molecule has 0 saturated carbocycles. The number of likely N-dealkylation sites (N-methyl/N-ethyl adjacent to an activating group) is 1. The molecule has 0 saturated heterocycles. The maximum absolute atomic E-state index is 10.5. The van der Waals surface area contributed by atoms with Crippen LogP contribution in [0.2, 0.25) is 0 Å². The average molecular weight is 342 g/mol. The number of hydrogen-bond donors (Lipinski definition) is 3. The molecule has 25 heavy (non-hydrogen) atoms. The van der Waals surface area contributed by atoms with Crippen LogP contribution in [0.25, 0.3) is 11.1 Å². The Bertz CT molecular complexity index is 850. The van der Waals surface area contributed by atoms with Gasteiger partial charge in [-0.05, 0) is 60.3 Å². The van der Waals surface area contributed by atoms with Crippen molar-refractivity contribution >= 4 is 0 Å². The van der Waals surface area contributed by atoms with E-state index in [0.29, 0.717) is 11.5 Å².